The molecule has 6 nitrogen and oxygen atoms in total. The summed E-state index contributed by atoms with van der Waals surface area (Å²) in [7, 11) is 3.88. The zero-order chi connectivity index (χ0) is 18.0. The Morgan fingerprint density at radius 2 is 1.80 bits per heavy atom. The highest BCUT2D eigenvalue weighted by atomic mass is 19.1. The Hall–Kier alpha value is -2.70. The fourth-order valence-electron chi connectivity index (χ4n) is 2.82. The SMILES string of the molecule is Cc1cc(N(C)C)nc(N2CCN(C(=O)c3ccccc3F)CC2)n1. The number of carbonyl (C=O) groups excluding carboxylic acids is 1. The van der Waals surface area contributed by atoms with Crippen LogP contribution in [0.4, 0.5) is 16.2 Å². The Morgan fingerprint density at radius 1 is 1.12 bits per heavy atom. The number of nitrogens with zero attached hydrogens (tertiary/aromatic N) is 5. The molecule has 25 heavy (non-hydrogen) atoms. The van der Waals surface area contributed by atoms with E-state index in [1.165, 1.54) is 12.1 Å². The molecule has 2 heterocycles. The zero-order valence-electron chi connectivity index (χ0n) is 14.7. The van der Waals surface area contributed by atoms with E-state index in [9.17, 15) is 9.18 Å². The summed E-state index contributed by atoms with van der Waals surface area (Å²) in [6.07, 6.45) is 0. The highest BCUT2D eigenvalue weighted by Gasteiger charge is 2.25. The van der Waals surface area contributed by atoms with Gasteiger partial charge in [0.1, 0.15) is 11.6 Å². The number of aromatic nitrogens is 2. The average Bonchev–Trinajstić information content (AvgIpc) is 2.61. The number of anilines is 2. The van der Waals surface area contributed by atoms with Crippen molar-refractivity contribution in [1.82, 2.24) is 14.9 Å². The van der Waals surface area contributed by atoms with Crippen LogP contribution in [0.3, 0.4) is 0 Å². The summed E-state index contributed by atoms with van der Waals surface area (Å²) in [6, 6.07) is 8.03. The first kappa shape index (κ1) is 17.1. The highest BCUT2D eigenvalue weighted by molar-refractivity contribution is 5.94. The summed E-state index contributed by atoms with van der Waals surface area (Å²) >= 11 is 0. The van der Waals surface area contributed by atoms with Gasteiger partial charge in [0, 0.05) is 52.0 Å². The molecule has 7 heteroatoms. The fourth-order valence-corrected chi connectivity index (χ4v) is 2.82. The number of amides is 1. The van der Waals surface area contributed by atoms with Crippen molar-refractivity contribution in [2.75, 3.05) is 50.1 Å². The fraction of sp³-hybridized carbons (Fsp3) is 0.389. The van der Waals surface area contributed by atoms with Crippen LogP contribution in [0, 0.1) is 12.7 Å². The van der Waals surface area contributed by atoms with Gasteiger partial charge in [-0.2, -0.15) is 4.98 Å². The second-order valence-electron chi connectivity index (χ2n) is 6.32. The number of hydrogen-bond donors (Lipinski definition) is 0. The van der Waals surface area contributed by atoms with Crippen molar-refractivity contribution in [2.45, 2.75) is 6.92 Å². The maximum Gasteiger partial charge on any atom is 0.256 e. The number of piperazine rings is 1. The Balaban J connectivity index is 1.70. The Morgan fingerprint density at radius 3 is 2.44 bits per heavy atom. The van der Waals surface area contributed by atoms with Crippen LogP contribution < -0.4 is 9.80 Å². The van der Waals surface area contributed by atoms with Crippen LogP contribution in [0.15, 0.2) is 30.3 Å². The summed E-state index contributed by atoms with van der Waals surface area (Å²) in [5.74, 6) is 0.776. The van der Waals surface area contributed by atoms with Crippen LogP contribution in [-0.4, -0.2) is 61.0 Å². The summed E-state index contributed by atoms with van der Waals surface area (Å²) in [6.45, 7) is 4.21. The number of carbonyl (C=O) groups is 1. The number of benzene rings is 1. The monoisotopic (exact) mass is 343 g/mol. The molecule has 1 fully saturated rings. The number of aryl methyl sites for hydroxylation is 1. The van der Waals surface area contributed by atoms with Gasteiger partial charge in [0.05, 0.1) is 5.56 Å². The van der Waals surface area contributed by atoms with Gasteiger partial charge in [-0.15, -0.1) is 0 Å². The van der Waals surface area contributed by atoms with Gasteiger partial charge in [-0.3, -0.25) is 4.79 Å². The maximum absolute atomic E-state index is 13.8. The Labute approximate surface area is 146 Å². The first-order chi connectivity index (χ1) is 12.0. The molecule has 1 aromatic heterocycles. The van der Waals surface area contributed by atoms with Crippen LogP contribution in [0.2, 0.25) is 0 Å². The third kappa shape index (κ3) is 3.70. The highest BCUT2D eigenvalue weighted by Crippen LogP contribution is 2.18. The third-order valence-corrected chi connectivity index (χ3v) is 4.24. The van der Waals surface area contributed by atoms with Crippen molar-refractivity contribution in [3.63, 3.8) is 0 Å². The van der Waals surface area contributed by atoms with Crippen LogP contribution in [-0.2, 0) is 0 Å². The lowest BCUT2D eigenvalue weighted by atomic mass is 10.1. The zero-order valence-corrected chi connectivity index (χ0v) is 14.7. The van der Waals surface area contributed by atoms with Crippen molar-refractivity contribution < 1.29 is 9.18 Å². The molecule has 1 aliphatic rings. The minimum Gasteiger partial charge on any atom is -0.363 e. The van der Waals surface area contributed by atoms with Gasteiger partial charge in [0.25, 0.3) is 5.91 Å². The van der Waals surface area contributed by atoms with E-state index in [0.717, 1.165) is 11.5 Å². The smallest absolute Gasteiger partial charge is 0.256 e. The van der Waals surface area contributed by atoms with Crippen LogP contribution in [0.1, 0.15) is 16.1 Å². The molecule has 0 atom stereocenters. The van der Waals surface area contributed by atoms with Gasteiger partial charge >= 0.3 is 0 Å². The predicted molar refractivity (Wildman–Crippen MR) is 95.6 cm³/mol. The van der Waals surface area contributed by atoms with Gasteiger partial charge in [-0.1, -0.05) is 12.1 Å². The molecule has 1 aromatic carbocycles. The molecule has 0 radical (unpaired) electrons. The molecule has 0 unspecified atom stereocenters. The van der Waals surface area contributed by atoms with E-state index in [4.69, 9.17) is 0 Å². The minimum atomic E-state index is -0.479. The van der Waals surface area contributed by atoms with Gasteiger partial charge in [-0.05, 0) is 19.1 Å². The average molecular weight is 343 g/mol. The van der Waals surface area contributed by atoms with Gasteiger partial charge in [0.15, 0.2) is 0 Å². The molecule has 1 amide bonds. The second kappa shape index (κ2) is 7.04. The molecular formula is C18H22FN5O. The maximum atomic E-state index is 13.8. The molecular weight excluding hydrogens is 321 g/mol. The molecule has 0 spiro atoms. The quantitative estimate of drug-likeness (QED) is 0.853. The third-order valence-electron chi connectivity index (χ3n) is 4.24. The van der Waals surface area contributed by atoms with Crippen molar-refractivity contribution in [2.24, 2.45) is 0 Å². The number of rotatable bonds is 3. The minimum absolute atomic E-state index is 0.123. The molecule has 132 valence electrons. The molecule has 2 aromatic rings. The lowest BCUT2D eigenvalue weighted by molar-refractivity contribution is 0.0741. The topological polar surface area (TPSA) is 52.6 Å². The number of halogens is 1. The van der Waals surface area contributed by atoms with E-state index in [1.54, 1.807) is 17.0 Å². The van der Waals surface area contributed by atoms with Gasteiger partial charge < -0.3 is 14.7 Å². The van der Waals surface area contributed by atoms with Crippen molar-refractivity contribution in [3.8, 4) is 0 Å². The first-order valence-corrected chi connectivity index (χ1v) is 8.27. The second-order valence-corrected chi connectivity index (χ2v) is 6.32. The van der Waals surface area contributed by atoms with Crippen molar-refractivity contribution in [1.29, 1.82) is 0 Å². The predicted octanol–water partition coefficient (Wildman–Crippen LogP) is 1.95. The van der Waals surface area contributed by atoms with E-state index in [0.29, 0.717) is 32.1 Å². The molecule has 0 N–H and O–H groups in total. The molecule has 1 aliphatic heterocycles. The van der Waals surface area contributed by atoms with E-state index in [-0.39, 0.29) is 11.5 Å². The summed E-state index contributed by atoms with van der Waals surface area (Å²) in [5, 5.41) is 0. The van der Waals surface area contributed by atoms with E-state index < -0.39 is 5.82 Å². The molecule has 0 saturated carbocycles. The van der Waals surface area contributed by atoms with Crippen molar-refractivity contribution >= 4 is 17.7 Å². The number of hydrogen-bond acceptors (Lipinski definition) is 5. The normalized spacial score (nSPS) is 14.6. The summed E-state index contributed by atoms with van der Waals surface area (Å²) < 4.78 is 13.8. The van der Waals surface area contributed by atoms with Crippen LogP contribution in [0.25, 0.3) is 0 Å². The molecule has 0 bridgehead atoms. The van der Waals surface area contributed by atoms with Gasteiger partial charge in [0.2, 0.25) is 5.95 Å². The Bertz CT molecular complexity index is 772. The molecule has 3 rings (SSSR count). The first-order valence-electron chi connectivity index (χ1n) is 8.27. The Kier molecular flexibility index (Phi) is 4.83. The van der Waals surface area contributed by atoms with E-state index in [1.807, 2.05) is 32.0 Å². The molecule has 1 saturated heterocycles. The van der Waals surface area contributed by atoms with E-state index >= 15 is 0 Å². The standard InChI is InChI=1S/C18H22FN5O/c1-13-12-16(22(2)3)21-18(20-13)24-10-8-23(9-11-24)17(25)14-6-4-5-7-15(14)19/h4-7,12H,8-11H2,1-3H3. The van der Waals surface area contributed by atoms with Crippen molar-refractivity contribution in [3.05, 3.63) is 47.4 Å². The van der Waals surface area contributed by atoms with Crippen LogP contribution in [0.5, 0.6) is 0 Å². The lowest BCUT2D eigenvalue weighted by Crippen LogP contribution is -2.49. The van der Waals surface area contributed by atoms with Crippen LogP contribution >= 0.6 is 0 Å². The summed E-state index contributed by atoms with van der Waals surface area (Å²) in [4.78, 5) is 27.3. The largest absolute Gasteiger partial charge is 0.363 e. The van der Waals surface area contributed by atoms with E-state index in [2.05, 4.69) is 14.9 Å². The summed E-state index contributed by atoms with van der Waals surface area (Å²) in [5.41, 5.74) is 1.02. The lowest BCUT2D eigenvalue weighted by Gasteiger charge is -2.35. The molecule has 0 aliphatic carbocycles. The van der Waals surface area contributed by atoms with Gasteiger partial charge in [-0.25, -0.2) is 9.37 Å².